The van der Waals surface area contributed by atoms with Gasteiger partial charge in [0.05, 0.1) is 29.8 Å². The molecule has 0 unspecified atom stereocenters. The van der Waals surface area contributed by atoms with Crippen LogP contribution in [-0.4, -0.2) is 35.3 Å². The summed E-state index contributed by atoms with van der Waals surface area (Å²) in [5.74, 6) is 0. The lowest BCUT2D eigenvalue weighted by atomic mass is 10.0. The van der Waals surface area contributed by atoms with E-state index in [2.05, 4.69) is 0 Å². The zero-order valence-electron chi connectivity index (χ0n) is 11.3. The summed E-state index contributed by atoms with van der Waals surface area (Å²) in [4.78, 5) is 13.4. The Morgan fingerprint density at radius 3 is 2.84 bits per heavy atom. The maximum atomic E-state index is 11.2. The first kappa shape index (κ1) is 14.2. The van der Waals surface area contributed by atoms with Crippen LogP contribution in [0.25, 0.3) is 0 Å². The molecular weight excluding hydrogens is 268 g/mol. The van der Waals surface area contributed by atoms with Crippen LogP contribution in [-0.2, 0) is 4.74 Å². The van der Waals surface area contributed by atoms with Crippen LogP contribution in [0.4, 0.5) is 10.7 Å². The Balaban J connectivity index is 2.45. The summed E-state index contributed by atoms with van der Waals surface area (Å²) in [6, 6.07) is 1.47. The highest BCUT2D eigenvalue weighted by Crippen LogP contribution is 2.43. The topological polar surface area (TPSA) is 75.8 Å². The first-order valence-electron chi connectivity index (χ1n) is 6.14. The third-order valence-corrected chi connectivity index (χ3v) is 4.53. The third kappa shape index (κ3) is 2.72. The van der Waals surface area contributed by atoms with E-state index in [1.807, 2.05) is 18.7 Å². The first-order chi connectivity index (χ1) is 8.83. The van der Waals surface area contributed by atoms with E-state index in [0.717, 1.165) is 0 Å². The maximum Gasteiger partial charge on any atom is 0.304 e. The Hall–Kier alpha value is -1.18. The van der Waals surface area contributed by atoms with E-state index in [1.54, 1.807) is 6.92 Å². The minimum atomic E-state index is -0.693. The molecule has 0 spiro atoms. The normalized spacial score (nSPS) is 20.3. The van der Waals surface area contributed by atoms with E-state index in [9.17, 15) is 15.2 Å². The van der Waals surface area contributed by atoms with Crippen molar-refractivity contribution in [3.8, 4) is 0 Å². The van der Waals surface area contributed by atoms with Gasteiger partial charge >= 0.3 is 5.69 Å². The van der Waals surface area contributed by atoms with Crippen LogP contribution >= 0.6 is 11.3 Å². The monoisotopic (exact) mass is 286 g/mol. The van der Waals surface area contributed by atoms with Crippen LogP contribution < -0.4 is 4.90 Å². The van der Waals surface area contributed by atoms with Gasteiger partial charge < -0.3 is 14.7 Å². The van der Waals surface area contributed by atoms with Gasteiger partial charge in [0.25, 0.3) is 0 Å². The Morgan fingerprint density at radius 2 is 2.32 bits per heavy atom. The second-order valence-electron chi connectivity index (χ2n) is 5.29. The number of rotatable bonds is 3. The average molecular weight is 286 g/mol. The predicted molar refractivity (Wildman–Crippen MR) is 73.9 cm³/mol. The van der Waals surface area contributed by atoms with Crippen LogP contribution in [0.15, 0.2) is 6.07 Å². The van der Waals surface area contributed by atoms with Crippen molar-refractivity contribution in [1.82, 2.24) is 0 Å². The number of hydrogen-bond acceptors (Lipinski definition) is 6. The Labute approximate surface area is 115 Å². The van der Waals surface area contributed by atoms with E-state index < -0.39 is 6.10 Å². The van der Waals surface area contributed by atoms with Crippen LogP contribution in [0, 0.1) is 10.1 Å². The van der Waals surface area contributed by atoms with Crippen LogP contribution in [0.5, 0.6) is 0 Å². The highest BCUT2D eigenvalue weighted by atomic mass is 32.1. The molecule has 0 radical (unpaired) electrons. The van der Waals surface area contributed by atoms with E-state index in [-0.39, 0.29) is 16.1 Å². The maximum absolute atomic E-state index is 11.2. The fourth-order valence-electron chi connectivity index (χ4n) is 2.15. The second-order valence-corrected chi connectivity index (χ2v) is 6.35. The molecule has 1 aromatic heterocycles. The molecule has 1 aromatic rings. The van der Waals surface area contributed by atoms with Gasteiger partial charge in [0.2, 0.25) is 0 Å². The molecule has 7 heteroatoms. The molecule has 2 rings (SSSR count). The lowest BCUT2D eigenvalue weighted by molar-refractivity contribution is -0.383. The van der Waals surface area contributed by atoms with Gasteiger partial charge in [0.1, 0.15) is 0 Å². The van der Waals surface area contributed by atoms with Crippen LogP contribution in [0.3, 0.4) is 0 Å². The Bertz CT molecular complexity index is 484. The number of nitrogens with zero attached hydrogens (tertiary/aromatic N) is 2. The lowest BCUT2D eigenvalue weighted by Crippen LogP contribution is -2.53. The van der Waals surface area contributed by atoms with Gasteiger partial charge in [0.15, 0.2) is 5.00 Å². The molecule has 0 saturated carbocycles. The van der Waals surface area contributed by atoms with Gasteiger partial charge in [-0.15, -0.1) is 11.3 Å². The number of nitro groups is 1. The summed E-state index contributed by atoms with van der Waals surface area (Å²) in [5.41, 5.74) is -0.222. The minimum absolute atomic E-state index is 0.0656. The molecule has 1 N–H and O–H groups in total. The Morgan fingerprint density at radius 1 is 1.63 bits per heavy atom. The first-order valence-corrected chi connectivity index (χ1v) is 6.96. The van der Waals surface area contributed by atoms with Gasteiger partial charge in [-0.1, -0.05) is 0 Å². The van der Waals surface area contributed by atoms with Gasteiger partial charge in [-0.2, -0.15) is 0 Å². The number of ether oxygens (including phenoxy) is 1. The molecular formula is C12H18N2O4S. The number of anilines is 1. The van der Waals surface area contributed by atoms with Crippen molar-refractivity contribution in [3.63, 3.8) is 0 Å². The smallest absolute Gasteiger partial charge is 0.304 e. The zero-order valence-corrected chi connectivity index (χ0v) is 12.1. The van der Waals surface area contributed by atoms with Crippen molar-refractivity contribution < 1.29 is 14.8 Å². The van der Waals surface area contributed by atoms with E-state index in [0.29, 0.717) is 29.6 Å². The van der Waals surface area contributed by atoms with E-state index >= 15 is 0 Å². The predicted octanol–water partition coefficient (Wildman–Crippen LogP) is 2.32. The fraction of sp³-hybridized carbons (Fsp3) is 0.667. The molecule has 1 atom stereocenters. The molecule has 106 valence electrons. The molecule has 1 aliphatic heterocycles. The van der Waals surface area contributed by atoms with Crippen molar-refractivity contribution in [1.29, 1.82) is 0 Å². The average Bonchev–Trinajstić information content (AvgIpc) is 2.73. The van der Waals surface area contributed by atoms with Gasteiger partial charge in [0, 0.05) is 17.5 Å². The molecule has 0 bridgehead atoms. The molecule has 19 heavy (non-hydrogen) atoms. The summed E-state index contributed by atoms with van der Waals surface area (Å²) < 4.78 is 5.43. The Kier molecular flexibility index (Phi) is 3.80. The van der Waals surface area contributed by atoms with Gasteiger partial charge in [-0.3, -0.25) is 10.1 Å². The molecule has 0 aromatic carbocycles. The third-order valence-electron chi connectivity index (χ3n) is 3.21. The SMILES string of the molecule is C[C@@H](O)c1cc([N+](=O)[O-])c(N2CCOCC2(C)C)s1. The van der Waals surface area contributed by atoms with E-state index in [4.69, 9.17) is 4.74 Å². The summed E-state index contributed by atoms with van der Waals surface area (Å²) >= 11 is 1.28. The van der Waals surface area contributed by atoms with Crippen molar-refractivity contribution in [2.24, 2.45) is 0 Å². The second kappa shape index (κ2) is 5.07. The van der Waals surface area contributed by atoms with Crippen molar-refractivity contribution >= 4 is 22.0 Å². The molecule has 0 aliphatic carbocycles. The molecule has 1 fully saturated rings. The standard InChI is InChI=1S/C12H18N2O4S/c1-8(15)10-6-9(14(16)17)11(19-10)13-4-5-18-7-12(13,2)3/h6,8,15H,4-5,7H2,1-3H3/t8-/m1/s1. The number of hydrogen-bond donors (Lipinski definition) is 1. The highest BCUT2D eigenvalue weighted by Gasteiger charge is 2.36. The molecule has 0 amide bonds. The van der Waals surface area contributed by atoms with Crippen molar-refractivity contribution in [3.05, 3.63) is 21.1 Å². The van der Waals surface area contributed by atoms with Crippen molar-refractivity contribution in [2.75, 3.05) is 24.7 Å². The summed E-state index contributed by atoms with van der Waals surface area (Å²) in [7, 11) is 0. The van der Waals surface area contributed by atoms with Gasteiger partial charge in [-0.25, -0.2) is 0 Å². The molecule has 1 aliphatic rings. The summed E-state index contributed by atoms with van der Waals surface area (Å²) in [6.07, 6.45) is -0.693. The summed E-state index contributed by atoms with van der Waals surface area (Å²) in [6.45, 7) is 7.32. The molecule has 6 nitrogen and oxygen atoms in total. The van der Waals surface area contributed by atoms with Crippen LogP contribution in [0.2, 0.25) is 0 Å². The van der Waals surface area contributed by atoms with Crippen LogP contribution in [0.1, 0.15) is 31.8 Å². The largest absolute Gasteiger partial charge is 0.388 e. The number of morpholine rings is 1. The molecule has 1 saturated heterocycles. The summed E-state index contributed by atoms with van der Waals surface area (Å²) in [5, 5.41) is 21.4. The fourth-order valence-corrected chi connectivity index (χ4v) is 3.41. The molecule has 2 heterocycles. The number of aliphatic hydroxyl groups is 1. The van der Waals surface area contributed by atoms with Gasteiger partial charge in [-0.05, 0) is 20.8 Å². The zero-order chi connectivity index (χ0) is 14.2. The number of thiophene rings is 1. The van der Waals surface area contributed by atoms with Crippen molar-refractivity contribution in [2.45, 2.75) is 32.4 Å². The van der Waals surface area contributed by atoms with E-state index in [1.165, 1.54) is 17.4 Å². The highest BCUT2D eigenvalue weighted by molar-refractivity contribution is 7.16. The minimum Gasteiger partial charge on any atom is -0.388 e. The number of aliphatic hydroxyl groups excluding tert-OH is 1. The lowest BCUT2D eigenvalue weighted by Gasteiger charge is -2.42. The quantitative estimate of drug-likeness (QED) is 0.681.